The molecule has 0 saturated carbocycles. The Morgan fingerprint density at radius 1 is 1.12 bits per heavy atom. The third-order valence-corrected chi connectivity index (χ3v) is 6.77. The molecule has 2 aromatic carbocycles. The summed E-state index contributed by atoms with van der Waals surface area (Å²) in [5.74, 6) is 0.322. The number of anilines is 1. The van der Waals surface area contributed by atoms with Crippen LogP contribution in [0.2, 0.25) is 5.02 Å². The number of carbonyl (C=O) groups is 1. The zero-order valence-electron chi connectivity index (χ0n) is 18.5. The number of hydrogen-bond donors (Lipinski definition) is 0. The minimum Gasteiger partial charge on any atom is -0.494 e. The van der Waals surface area contributed by atoms with Crippen LogP contribution in [0.1, 0.15) is 60.3 Å². The van der Waals surface area contributed by atoms with Gasteiger partial charge in [-0.15, -0.1) is 10.2 Å². The number of carbonyl (C=O) groups excluding carboxylic acids is 1. The Hall–Kier alpha value is -3.23. The van der Waals surface area contributed by atoms with Crippen molar-refractivity contribution < 1.29 is 13.9 Å². The van der Waals surface area contributed by atoms with Gasteiger partial charge in [-0.05, 0) is 42.3 Å². The predicted molar refractivity (Wildman–Crippen MR) is 132 cm³/mol. The topological polar surface area (TPSA) is 85.5 Å². The van der Waals surface area contributed by atoms with Crippen molar-refractivity contribution in [2.45, 2.75) is 38.6 Å². The van der Waals surface area contributed by atoms with Gasteiger partial charge in [0.05, 0.1) is 23.6 Å². The third-order valence-electron chi connectivity index (χ3n) is 5.85. The van der Waals surface area contributed by atoms with Gasteiger partial charge in [0.1, 0.15) is 16.8 Å². The number of ether oxygens (including phenoxy) is 1. The normalized spacial score (nSPS) is 15.2. The molecule has 0 aliphatic carbocycles. The maximum atomic E-state index is 13.6. The van der Waals surface area contributed by atoms with Crippen molar-refractivity contribution in [3.05, 3.63) is 80.1 Å². The first kappa shape index (κ1) is 22.6. The van der Waals surface area contributed by atoms with Gasteiger partial charge in [0, 0.05) is 5.02 Å². The fraction of sp³-hybridized carbons (Fsp3) is 0.280. The molecule has 0 radical (unpaired) electrons. The maximum absolute atomic E-state index is 13.6. The average Bonchev–Trinajstić information content (AvgIpc) is 3.47. The van der Waals surface area contributed by atoms with E-state index in [0.29, 0.717) is 27.7 Å². The summed E-state index contributed by atoms with van der Waals surface area (Å²) in [6, 6.07) is 11.5. The van der Waals surface area contributed by atoms with Crippen LogP contribution in [0, 0.1) is 0 Å². The van der Waals surface area contributed by atoms with Gasteiger partial charge in [-0.25, -0.2) is 0 Å². The summed E-state index contributed by atoms with van der Waals surface area (Å²) < 4.78 is 11.8. The number of hydrogen-bond acceptors (Lipinski definition) is 7. The van der Waals surface area contributed by atoms with E-state index in [9.17, 15) is 9.59 Å². The van der Waals surface area contributed by atoms with Gasteiger partial charge in [-0.2, -0.15) is 0 Å². The van der Waals surface area contributed by atoms with E-state index in [-0.39, 0.29) is 16.8 Å². The van der Waals surface area contributed by atoms with E-state index in [4.69, 9.17) is 20.8 Å². The first-order valence-corrected chi connectivity index (χ1v) is 12.4. The molecule has 0 spiro atoms. The summed E-state index contributed by atoms with van der Waals surface area (Å²) >= 11 is 7.35. The van der Waals surface area contributed by atoms with Crippen molar-refractivity contribution >= 4 is 44.9 Å². The number of rotatable bonds is 8. The highest BCUT2D eigenvalue weighted by atomic mass is 35.5. The second kappa shape index (κ2) is 9.56. The van der Waals surface area contributed by atoms with E-state index >= 15 is 0 Å². The fourth-order valence-electron chi connectivity index (χ4n) is 4.20. The monoisotopic (exact) mass is 495 g/mol. The van der Waals surface area contributed by atoms with E-state index in [2.05, 4.69) is 17.1 Å². The summed E-state index contributed by atoms with van der Waals surface area (Å²) in [5.41, 5.74) is 2.58. The van der Waals surface area contributed by atoms with Crippen LogP contribution in [0.5, 0.6) is 5.75 Å². The molecule has 7 nitrogen and oxygen atoms in total. The van der Waals surface area contributed by atoms with Crippen LogP contribution >= 0.6 is 22.9 Å². The number of fused-ring (bicyclic) bond motifs is 2. The van der Waals surface area contributed by atoms with E-state index in [1.807, 2.05) is 24.3 Å². The zero-order chi connectivity index (χ0) is 23.7. The molecule has 2 aromatic heterocycles. The Kier molecular flexibility index (Phi) is 6.34. The van der Waals surface area contributed by atoms with Gasteiger partial charge in [-0.3, -0.25) is 14.5 Å². The van der Waals surface area contributed by atoms with Crippen LogP contribution in [-0.2, 0) is 0 Å². The Morgan fingerprint density at radius 3 is 2.68 bits per heavy atom. The molecular weight excluding hydrogens is 474 g/mol. The first-order valence-electron chi connectivity index (χ1n) is 11.2. The molecule has 1 amide bonds. The molecule has 1 unspecified atom stereocenters. The molecule has 4 aromatic rings. The second-order valence-corrected chi connectivity index (χ2v) is 9.34. The van der Waals surface area contributed by atoms with Gasteiger partial charge < -0.3 is 9.15 Å². The minimum atomic E-state index is -0.700. The Morgan fingerprint density at radius 2 is 1.94 bits per heavy atom. The van der Waals surface area contributed by atoms with Crippen molar-refractivity contribution in [2.75, 3.05) is 11.5 Å². The Balaban J connectivity index is 1.55. The molecule has 174 valence electrons. The lowest BCUT2D eigenvalue weighted by Gasteiger charge is -2.22. The highest BCUT2D eigenvalue weighted by Crippen LogP contribution is 2.42. The summed E-state index contributed by atoms with van der Waals surface area (Å²) in [6.45, 7) is 2.83. The van der Waals surface area contributed by atoms with Crippen LogP contribution in [-0.4, -0.2) is 22.7 Å². The smallest absolute Gasteiger partial charge is 0.297 e. The van der Waals surface area contributed by atoms with Gasteiger partial charge in [0.15, 0.2) is 5.43 Å². The summed E-state index contributed by atoms with van der Waals surface area (Å²) in [6.07, 6.45) is 4.51. The van der Waals surface area contributed by atoms with Gasteiger partial charge >= 0.3 is 0 Å². The molecule has 9 heteroatoms. The SMILES string of the molecule is CCCCCCOc1ccc(C2c3c(oc4ccc(Cl)cc4c3=O)C(=O)N2c2nncs2)cc1. The number of benzene rings is 2. The predicted octanol–water partition coefficient (Wildman–Crippen LogP) is 6.01. The standard InChI is InChI=1S/C25H22ClN3O4S/c1-2-3-4-5-12-32-17-9-6-15(7-10-17)21-20-22(30)18-13-16(26)8-11-19(18)33-23(20)24(31)29(21)25-28-27-14-34-25/h6-11,13-14,21H,2-5,12H2,1H3. The largest absolute Gasteiger partial charge is 0.494 e. The molecule has 34 heavy (non-hydrogen) atoms. The molecule has 5 rings (SSSR count). The lowest BCUT2D eigenvalue weighted by Crippen LogP contribution is -2.29. The van der Waals surface area contributed by atoms with Crippen LogP contribution in [0.15, 0.2) is 57.2 Å². The molecule has 1 atom stereocenters. The van der Waals surface area contributed by atoms with Crippen LogP contribution in [0.4, 0.5) is 5.13 Å². The highest BCUT2D eigenvalue weighted by Gasteiger charge is 2.45. The van der Waals surface area contributed by atoms with Crippen molar-refractivity contribution in [3.8, 4) is 5.75 Å². The Labute approximate surface area is 204 Å². The van der Waals surface area contributed by atoms with Crippen molar-refractivity contribution in [1.29, 1.82) is 0 Å². The van der Waals surface area contributed by atoms with Crippen LogP contribution in [0.3, 0.4) is 0 Å². The molecule has 0 bridgehead atoms. The number of aromatic nitrogens is 2. The van der Waals surface area contributed by atoms with Crippen LogP contribution < -0.4 is 15.1 Å². The average molecular weight is 496 g/mol. The second-order valence-electron chi connectivity index (χ2n) is 8.09. The van der Waals surface area contributed by atoms with Crippen molar-refractivity contribution in [2.24, 2.45) is 0 Å². The fourth-order valence-corrected chi connectivity index (χ4v) is 4.95. The van der Waals surface area contributed by atoms with E-state index in [1.54, 1.807) is 23.7 Å². The number of amides is 1. The lowest BCUT2D eigenvalue weighted by atomic mass is 9.98. The molecule has 0 fully saturated rings. The summed E-state index contributed by atoms with van der Waals surface area (Å²) in [5, 5.41) is 9.10. The van der Waals surface area contributed by atoms with Gasteiger partial charge in [-0.1, -0.05) is 61.3 Å². The number of halogens is 1. The maximum Gasteiger partial charge on any atom is 0.297 e. The summed E-state index contributed by atoms with van der Waals surface area (Å²) in [4.78, 5) is 28.4. The molecule has 3 heterocycles. The molecule has 0 N–H and O–H groups in total. The number of nitrogens with zero attached hydrogens (tertiary/aromatic N) is 3. The third kappa shape index (κ3) is 4.08. The highest BCUT2D eigenvalue weighted by molar-refractivity contribution is 7.13. The number of unbranched alkanes of at least 4 members (excludes halogenated alkanes) is 3. The molecular formula is C25H22ClN3O4S. The quantitative estimate of drug-likeness (QED) is 0.278. The van der Waals surface area contributed by atoms with E-state index < -0.39 is 11.9 Å². The minimum absolute atomic E-state index is 0.0104. The molecule has 1 aliphatic rings. The van der Waals surface area contributed by atoms with Crippen molar-refractivity contribution in [1.82, 2.24) is 10.2 Å². The van der Waals surface area contributed by atoms with Crippen molar-refractivity contribution in [3.63, 3.8) is 0 Å². The zero-order valence-corrected chi connectivity index (χ0v) is 20.1. The van der Waals surface area contributed by atoms with Gasteiger partial charge in [0.25, 0.3) is 5.91 Å². The molecule has 1 aliphatic heterocycles. The lowest BCUT2D eigenvalue weighted by molar-refractivity contribution is 0.0970. The van der Waals surface area contributed by atoms with E-state index in [1.165, 1.54) is 29.1 Å². The van der Waals surface area contributed by atoms with E-state index in [0.717, 1.165) is 24.2 Å². The van der Waals surface area contributed by atoms with Gasteiger partial charge in [0.2, 0.25) is 10.9 Å². The first-order chi connectivity index (χ1) is 16.6. The molecule has 0 saturated heterocycles. The Bertz CT molecular complexity index is 1390. The summed E-state index contributed by atoms with van der Waals surface area (Å²) in [7, 11) is 0. The van der Waals surface area contributed by atoms with Crippen LogP contribution in [0.25, 0.3) is 11.0 Å².